The van der Waals surface area contributed by atoms with E-state index in [1.807, 2.05) is 11.6 Å². The molecule has 0 spiro atoms. The Labute approximate surface area is 112 Å². The van der Waals surface area contributed by atoms with Gasteiger partial charge in [-0.1, -0.05) is 13.8 Å². The molecule has 4 nitrogen and oxygen atoms in total. The van der Waals surface area contributed by atoms with Crippen LogP contribution in [0.1, 0.15) is 40.8 Å². The number of anilines is 1. The van der Waals surface area contributed by atoms with Gasteiger partial charge in [0.25, 0.3) is 0 Å². The van der Waals surface area contributed by atoms with Crippen LogP contribution < -0.4 is 5.73 Å². The van der Waals surface area contributed by atoms with Crippen molar-refractivity contribution >= 4 is 17.0 Å². The van der Waals surface area contributed by atoms with Crippen molar-refractivity contribution in [1.82, 2.24) is 14.8 Å². The van der Waals surface area contributed by atoms with E-state index < -0.39 is 0 Å². The summed E-state index contributed by atoms with van der Waals surface area (Å²) in [6.45, 7) is 9.08. The highest BCUT2D eigenvalue weighted by atomic mass is 32.1. The van der Waals surface area contributed by atoms with E-state index in [0.29, 0.717) is 0 Å². The van der Waals surface area contributed by atoms with Gasteiger partial charge in [0.1, 0.15) is 5.01 Å². The van der Waals surface area contributed by atoms with E-state index in [0.717, 1.165) is 47.2 Å². The summed E-state index contributed by atoms with van der Waals surface area (Å²) in [5.41, 5.74) is 10.2. The molecule has 2 aromatic heterocycles. The Morgan fingerprint density at radius 2 is 1.94 bits per heavy atom. The summed E-state index contributed by atoms with van der Waals surface area (Å²) in [6.07, 6.45) is 1.78. The van der Waals surface area contributed by atoms with Gasteiger partial charge in [-0.25, -0.2) is 4.98 Å². The quantitative estimate of drug-likeness (QED) is 0.923. The van der Waals surface area contributed by atoms with E-state index in [1.54, 1.807) is 11.3 Å². The number of rotatable bonds is 4. The lowest BCUT2D eigenvalue weighted by Crippen LogP contribution is -2.06. The summed E-state index contributed by atoms with van der Waals surface area (Å²) in [5, 5.41) is 5.69. The summed E-state index contributed by atoms with van der Waals surface area (Å²) in [5.74, 6) is 0. The van der Waals surface area contributed by atoms with Crippen molar-refractivity contribution in [1.29, 1.82) is 0 Å². The standard InChI is InChI=1S/C13H20N4S/c1-5-10-13(14)11(6-2)17(16-10)7-12-15-8(3)9(4)18-12/h5-7,14H2,1-4H3. The van der Waals surface area contributed by atoms with Crippen LogP contribution in [0.15, 0.2) is 0 Å². The fourth-order valence-corrected chi connectivity index (χ4v) is 2.98. The van der Waals surface area contributed by atoms with Crippen LogP contribution in [0.25, 0.3) is 0 Å². The van der Waals surface area contributed by atoms with Crippen LogP contribution >= 0.6 is 11.3 Å². The van der Waals surface area contributed by atoms with Crippen molar-refractivity contribution in [2.75, 3.05) is 5.73 Å². The maximum absolute atomic E-state index is 6.11. The molecule has 0 saturated heterocycles. The average Bonchev–Trinajstić information content (AvgIpc) is 2.80. The zero-order valence-electron chi connectivity index (χ0n) is 11.4. The Morgan fingerprint density at radius 3 is 2.44 bits per heavy atom. The van der Waals surface area contributed by atoms with Crippen molar-refractivity contribution in [3.05, 3.63) is 27.0 Å². The number of aromatic nitrogens is 3. The molecule has 18 heavy (non-hydrogen) atoms. The third-order valence-corrected chi connectivity index (χ3v) is 4.26. The van der Waals surface area contributed by atoms with Crippen LogP contribution in [-0.2, 0) is 19.4 Å². The highest BCUT2D eigenvalue weighted by Crippen LogP contribution is 2.22. The highest BCUT2D eigenvalue weighted by Gasteiger charge is 2.14. The van der Waals surface area contributed by atoms with Crippen LogP contribution in [0.3, 0.4) is 0 Å². The lowest BCUT2D eigenvalue weighted by Gasteiger charge is -2.03. The molecule has 2 heterocycles. The highest BCUT2D eigenvalue weighted by molar-refractivity contribution is 7.11. The van der Waals surface area contributed by atoms with E-state index in [9.17, 15) is 0 Å². The Bertz CT molecular complexity index is 534. The third kappa shape index (κ3) is 2.27. The van der Waals surface area contributed by atoms with Gasteiger partial charge in [-0.15, -0.1) is 11.3 Å². The Balaban J connectivity index is 2.33. The number of nitrogens with zero attached hydrogens (tertiary/aromatic N) is 3. The monoisotopic (exact) mass is 264 g/mol. The summed E-state index contributed by atoms with van der Waals surface area (Å²) < 4.78 is 2.01. The second-order valence-corrected chi connectivity index (χ2v) is 5.71. The Morgan fingerprint density at radius 1 is 1.22 bits per heavy atom. The van der Waals surface area contributed by atoms with E-state index in [1.165, 1.54) is 4.88 Å². The van der Waals surface area contributed by atoms with Crippen LogP contribution in [0.4, 0.5) is 5.69 Å². The molecule has 0 aliphatic carbocycles. The average molecular weight is 264 g/mol. The normalized spacial score (nSPS) is 11.1. The molecule has 0 fully saturated rings. The molecule has 0 aromatic carbocycles. The fourth-order valence-electron chi connectivity index (χ4n) is 2.07. The molecule has 0 saturated carbocycles. The number of aryl methyl sites for hydroxylation is 3. The maximum Gasteiger partial charge on any atom is 0.115 e. The molecule has 0 atom stereocenters. The van der Waals surface area contributed by atoms with Crippen LogP contribution in [-0.4, -0.2) is 14.8 Å². The maximum atomic E-state index is 6.11. The van der Waals surface area contributed by atoms with Gasteiger partial charge in [0.2, 0.25) is 0 Å². The lowest BCUT2D eigenvalue weighted by atomic mass is 10.2. The number of hydrogen-bond donors (Lipinski definition) is 1. The molecule has 0 aliphatic rings. The first-order valence-electron chi connectivity index (χ1n) is 6.33. The molecule has 5 heteroatoms. The smallest absolute Gasteiger partial charge is 0.115 e. The minimum atomic E-state index is 0.729. The third-order valence-electron chi connectivity index (χ3n) is 3.20. The SMILES string of the molecule is CCc1nn(Cc2nc(C)c(C)s2)c(CC)c1N. The van der Waals surface area contributed by atoms with Gasteiger partial charge in [0.15, 0.2) is 0 Å². The van der Waals surface area contributed by atoms with Crippen LogP contribution in [0.5, 0.6) is 0 Å². The van der Waals surface area contributed by atoms with Crippen molar-refractivity contribution in [3.8, 4) is 0 Å². The van der Waals surface area contributed by atoms with E-state index >= 15 is 0 Å². The van der Waals surface area contributed by atoms with Gasteiger partial charge >= 0.3 is 0 Å². The molecule has 0 radical (unpaired) electrons. The summed E-state index contributed by atoms with van der Waals surface area (Å²) in [7, 11) is 0. The van der Waals surface area contributed by atoms with Gasteiger partial charge in [0.05, 0.1) is 29.3 Å². The summed E-state index contributed by atoms with van der Waals surface area (Å²) >= 11 is 1.74. The topological polar surface area (TPSA) is 56.7 Å². The predicted molar refractivity (Wildman–Crippen MR) is 76.1 cm³/mol. The van der Waals surface area contributed by atoms with Crippen molar-refractivity contribution in [2.45, 2.75) is 47.1 Å². The second kappa shape index (κ2) is 5.10. The minimum Gasteiger partial charge on any atom is -0.396 e. The van der Waals surface area contributed by atoms with Gasteiger partial charge in [-0.2, -0.15) is 5.10 Å². The predicted octanol–water partition coefficient (Wildman–Crippen LogP) is 2.71. The number of nitrogen functional groups attached to an aromatic ring is 1. The van der Waals surface area contributed by atoms with Gasteiger partial charge < -0.3 is 5.73 Å². The summed E-state index contributed by atoms with van der Waals surface area (Å²) in [4.78, 5) is 5.84. The first-order chi connectivity index (χ1) is 8.56. The first-order valence-corrected chi connectivity index (χ1v) is 7.15. The molecular weight excluding hydrogens is 244 g/mol. The molecular formula is C13H20N4S. The molecule has 0 bridgehead atoms. The molecule has 0 unspecified atom stereocenters. The molecule has 2 N–H and O–H groups in total. The molecule has 2 rings (SSSR count). The van der Waals surface area contributed by atoms with Gasteiger partial charge in [-0.05, 0) is 26.7 Å². The molecule has 2 aromatic rings. The van der Waals surface area contributed by atoms with Crippen LogP contribution in [0.2, 0.25) is 0 Å². The van der Waals surface area contributed by atoms with Gasteiger partial charge in [0, 0.05) is 4.88 Å². The van der Waals surface area contributed by atoms with Crippen molar-refractivity contribution in [3.63, 3.8) is 0 Å². The van der Waals surface area contributed by atoms with Gasteiger partial charge in [-0.3, -0.25) is 4.68 Å². The number of hydrogen-bond acceptors (Lipinski definition) is 4. The Hall–Kier alpha value is -1.36. The Kier molecular flexibility index (Phi) is 3.71. The number of thiazole rings is 1. The molecule has 0 aliphatic heterocycles. The molecule has 0 amide bonds. The zero-order valence-corrected chi connectivity index (χ0v) is 12.3. The van der Waals surface area contributed by atoms with Crippen molar-refractivity contribution < 1.29 is 0 Å². The fraction of sp³-hybridized carbons (Fsp3) is 0.538. The second-order valence-electron chi connectivity index (χ2n) is 4.42. The lowest BCUT2D eigenvalue weighted by molar-refractivity contribution is 0.637. The van der Waals surface area contributed by atoms with Crippen molar-refractivity contribution in [2.24, 2.45) is 0 Å². The van der Waals surface area contributed by atoms with E-state index in [2.05, 4.69) is 30.9 Å². The molecule has 98 valence electrons. The van der Waals surface area contributed by atoms with Crippen LogP contribution in [0, 0.1) is 13.8 Å². The zero-order chi connectivity index (χ0) is 13.3. The summed E-state index contributed by atoms with van der Waals surface area (Å²) in [6, 6.07) is 0. The largest absolute Gasteiger partial charge is 0.396 e. The van der Waals surface area contributed by atoms with E-state index in [-0.39, 0.29) is 0 Å². The first kappa shape index (κ1) is 13.1. The minimum absolute atomic E-state index is 0.729. The number of nitrogens with two attached hydrogens (primary N) is 1. The van der Waals surface area contributed by atoms with E-state index in [4.69, 9.17) is 5.73 Å².